The van der Waals surface area contributed by atoms with Crippen LogP contribution in [0, 0.1) is 0 Å². The van der Waals surface area contributed by atoms with Gasteiger partial charge in [-0.2, -0.15) is 0 Å². The Bertz CT molecular complexity index is 148. The van der Waals surface area contributed by atoms with E-state index in [2.05, 4.69) is 12.3 Å². The third kappa shape index (κ3) is 1.67. The molecule has 0 bridgehead atoms. The predicted octanol–water partition coefficient (Wildman–Crippen LogP) is 1.58. The van der Waals surface area contributed by atoms with Gasteiger partial charge in [-0.15, -0.1) is 5.73 Å². The van der Waals surface area contributed by atoms with Crippen LogP contribution in [-0.4, -0.2) is 0 Å². The molecule has 0 heterocycles. The lowest BCUT2D eigenvalue weighted by Crippen LogP contribution is -1.84. The molecule has 0 aliphatic heterocycles. The van der Waals surface area contributed by atoms with E-state index < -0.39 is 0 Å². The van der Waals surface area contributed by atoms with E-state index in [1.54, 1.807) is 6.20 Å². The first-order chi connectivity index (χ1) is 3.72. The predicted molar refractivity (Wildman–Crippen MR) is 36.3 cm³/mol. The fourth-order valence-corrected chi connectivity index (χ4v) is 0.264. The van der Waals surface area contributed by atoms with Crippen molar-refractivity contribution in [1.29, 1.82) is 0 Å². The van der Waals surface area contributed by atoms with Crippen LogP contribution in [0.5, 0.6) is 0 Å². The maximum atomic E-state index is 5.20. The Hall–Kier alpha value is -0.940. The van der Waals surface area contributed by atoms with Crippen molar-refractivity contribution in [3.8, 4) is 0 Å². The summed E-state index contributed by atoms with van der Waals surface area (Å²) in [7, 11) is 0. The fraction of sp³-hybridized carbons (Fsp3) is 0.286. The molecule has 0 aromatic carbocycles. The summed E-state index contributed by atoms with van der Waals surface area (Å²) < 4.78 is 0. The molecule has 2 N–H and O–H groups in total. The van der Waals surface area contributed by atoms with Crippen LogP contribution in [0.4, 0.5) is 0 Å². The number of nitrogens with two attached hydrogens (primary N) is 1. The standard InChI is InChI=1S/C7H11N/c1-4-6(2)7(3)5-8/h5H,1,8H2,2-3H3/b7-5-. The van der Waals surface area contributed by atoms with Gasteiger partial charge in [0.1, 0.15) is 0 Å². The zero-order chi connectivity index (χ0) is 6.57. The molecule has 0 fully saturated rings. The minimum absolute atomic E-state index is 1.01. The molecule has 0 saturated carbocycles. The number of hydrogen-bond acceptors (Lipinski definition) is 1. The molecule has 1 heteroatoms. The molecule has 0 aliphatic carbocycles. The minimum atomic E-state index is 1.01. The van der Waals surface area contributed by atoms with Gasteiger partial charge in [0.25, 0.3) is 0 Å². The zero-order valence-electron chi connectivity index (χ0n) is 5.36. The molecule has 8 heavy (non-hydrogen) atoms. The molecule has 1 nitrogen and oxygen atoms in total. The quantitative estimate of drug-likeness (QED) is 0.401. The van der Waals surface area contributed by atoms with Crippen molar-refractivity contribution in [2.45, 2.75) is 13.8 Å². The van der Waals surface area contributed by atoms with Gasteiger partial charge in [0.15, 0.2) is 0 Å². The van der Waals surface area contributed by atoms with Crippen molar-refractivity contribution in [3.05, 3.63) is 29.7 Å². The Kier molecular flexibility index (Phi) is 2.75. The van der Waals surface area contributed by atoms with Crippen LogP contribution < -0.4 is 5.73 Å². The minimum Gasteiger partial charge on any atom is -0.404 e. The Balaban J connectivity index is 4.27. The van der Waals surface area contributed by atoms with Crippen LogP contribution in [-0.2, 0) is 0 Å². The highest BCUT2D eigenvalue weighted by Gasteiger charge is 1.85. The van der Waals surface area contributed by atoms with Crippen molar-refractivity contribution in [1.82, 2.24) is 0 Å². The van der Waals surface area contributed by atoms with Crippen molar-refractivity contribution in [2.24, 2.45) is 5.73 Å². The second-order valence-corrected chi connectivity index (χ2v) is 1.65. The van der Waals surface area contributed by atoms with E-state index in [0.29, 0.717) is 0 Å². The van der Waals surface area contributed by atoms with Crippen molar-refractivity contribution in [2.75, 3.05) is 0 Å². The summed E-state index contributed by atoms with van der Waals surface area (Å²) in [4.78, 5) is 0. The molecule has 0 atom stereocenters. The molecule has 0 aliphatic rings. The summed E-state index contributed by atoms with van der Waals surface area (Å²) in [6.45, 7) is 7.32. The maximum absolute atomic E-state index is 5.20. The number of rotatable bonds is 1. The Morgan fingerprint density at radius 1 is 1.62 bits per heavy atom. The van der Waals surface area contributed by atoms with Crippen LogP contribution in [0.1, 0.15) is 13.8 Å². The van der Waals surface area contributed by atoms with Crippen molar-refractivity contribution >= 4 is 0 Å². The smallest absolute Gasteiger partial charge is 0.00236 e. The van der Waals surface area contributed by atoms with Gasteiger partial charge < -0.3 is 5.73 Å². The van der Waals surface area contributed by atoms with E-state index in [1.807, 2.05) is 13.8 Å². The summed E-state index contributed by atoms with van der Waals surface area (Å²) in [5.74, 6) is 0. The van der Waals surface area contributed by atoms with Crippen LogP contribution in [0.2, 0.25) is 0 Å². The Morgan fingerprint density at radius 3 is 2.25 bits per heavy atom. The van der Waals surface area contributed by atoms with Crippen LogP contribution in [0.3, 0.4) is 0 Å². The fourth-order valence-electron chi connectivity index (χ4n) is 0.264. The molecule has 0 saturated heterocycles. The highest BCUT2D eigenvalue weighted by Crippen LogP contribution is 2.01. The number of allylic oxidation sites excluding steroid dienone is 2. The highest BCUT2D eigenvalue weighted by molar-refractivity contribution is 5.24. The molecule has 0 spiro atoms. The lowest BCUT2D eigenvalue weighted by molar-refractivity contribution is 1.32. The summed E-state index contributed by atoms with van der Waals surface area (Å²) >= 11 is 0. The van der Waals surface area contributed by atoms with Gasteiger partial charge in [-0.05, 0) is 31.2 Å². The van der Waals surface area contributed by atoms with Crippen LogP contribution in [0.25, 0.3) is 0 Å². The first-order valence-corrected chi connectivity index (χ1v) is 2.48. The van der Waals surface area contributed by atoms with E-state index in [1.165, 1.54) is 0 Å². The molecule has 0 amide bonds. The van der Waals surface area contributed by atoms with E-state index in [4.69, 9.17) is 5.73 Å². The van der Waals surface area contributed by atoms with Gasteiger partial charge in [0.05, 0.1) is 0 Å². The summed E-state index contributed by atoms with van der Waals surface area (Å²) in [5.41, 5.74) is 9.97. The van der Waals surface area contributed by atoms with E-state index in [9.17, 15) is 0 Å². The normalized spacial score (nSPS) is 10.5. The first-order valence-electron chi connectivity index (χ1n) is 2.48. The van der Waals surface area contributed by atoms with E-state index in [-0.39, 0.29) is 0 Å². The van der Waals surface area contributed by atoms with Gasteiger partial charge in [0.2, 0.25) is 0 Å². The molecule has 44 valence electrons. The SMILES string of the molecule is C=C=C(C)/C(C)=C\N. The lowest BCUT2D eigenvalue weighted by Gasteiger charge is -1.91. The van der Waals surface area contributed by atoms with Crippen molar-refractivity contribution in [3.63, 3.8) is 0 Å². The molecule has 0 unspecified atom stereocenters. The third-order valence-corrected chi connectivity index (χ3v) is 1.11. The van der Waals surface area contributed by atoms with Crippen LogP contribution in [0.15, 0.2) is 29.7 Å². The Morgan fingerprint density at radius 2 is 2.12 bits per heavy atom. The van der Waals surface area contributed by atoms with Gasteiger partial charge in [-0.1, -0.05) is 6.58 Å². The first kappa shape index (κ1) is 7.06. The summed E-state index contributed by atoms with van der Waals surface area (Å²) in [6.07, 6.45) is 1.55. The van der Waals surface area contributed by atoms with Gasteiger partial charge >= 0.3 is 0 Å². The van der Waals surface area contributed by atoms with Crippen molar-refractivity contribution < 1.29 is 0 Å². The largest absolute Gasteiger partial charge is 0.404 e. The summed E-state index contributed by atoms with van der Waals surface area (Å²) in [6, 6.07) is 0. The monoisotopic (exact) mass is 109 g/mol. The molecular weight excluding hydrogens is 98.1 g/mol. The second kappa shape index (κ2) is 3.11. The van der Waals surface area contributed by atoms with E-state index in [0.717, 1.165) is 11.1 Å². The second-order valence-electron chi connectivity index (χ2n) is 1.65. The average molecular weight is 109 g/mol. The van der Waals surface area contributed by atoms with E-state index >= 15 is 0 Å². The van der Waals surface area contributed by atoms with Crippen LogP contribution >= 0.6 is 0 Å². The van der Waals surface area contributed by atoms with Gasteiger partial charge in [0, 0.05) is 0 Å². The number of hydrogen-bond donors (Lipinski definition) is 1. The molecular formula is C7H11N. The zero-order valence-corrected chi connectivity index (χ0v) is 5.36. The maximum Gasteiger partial charge on any atom is -0.00236 e. The topological polar surface area (TPSA) is 26.0 Å². The van der Waals surface area contributed by atoms with Gasteiger partial charge in [-0.3, -0.25) is 0 Å². The third-order valence-electron chi connectivity index (χ3n) is 1.11. The molecule has 0 rings (SSSR count). The van der Waals surface area contributed by atoms with Gasteiger partial charge in [-0.25, -0.2) is 0 Å². The molecule has 0 radical (unpaired) electrons. The average Bonchev–Trinajstić information content (AvgIpc) is 1.84. The lowest BCUT2D eigenvalue weighted by atomic mass is 10.2. The summed E-state index contributed by atoms with van der Waals surface area (Å²) in [5, 5.41) is 0. The highest BCUT2D eigenvalue weighted by atomic mass is 14.5. The molecule has 0 aromatic rings. The molecule has 0 aromatic heterocycles. The Labute approximate surface area is 50.2 Å².